The van der Waals surface area contributed by atoms with Gasteiger partial charge in [-0.2, -0.15) is 0 Å². The number of aromatic nitrogens is 1. The fourth-order valence-corrected chi connectivity index (χ4v) is 3.67. The molecule has 26 heavy (non-hydrogen) atoms. The molecule has 1 aromatic carbocycles. The van der Waals surface area contributed by atoms with Crippen LogP contribution in [-0.2, 0) is 6.42 Å². The number of rotatable bonds is 4. The molecule has 0 saturated carbocycles. The molecule has 1 N–H and O–H groups in total. The summed E-state index contributed by atoms with van der Waals surface area (Å²) in [5.74, 6) is 0.775. The van der Waals surface area contributed by atoms with Crippen LogP contribution in [0.3, 0.4) is 0 Å². The van der Waals surface area contributed by atoms with Gasteiger partial charge in [0.1, 0.15) is 11.3 Å². The summed E-state index contributed by atoms with van der Waals surface area (Å²) in [4.78, 5) is 27.1. The predicted octanol–water partition coefficient (Wildman–Crippen LogP) is 2.83. The van der Waals surface area contributed by atoms with Crippen LogP contribution in [0.2, 0.25) is 0 Å². The number of furan rings is 2. The van der Waals surface area contributed by atoms with Crippen molar-refractivity contribution in [3.63, 3.8) is 0 Å². The first kappa shape index (κ1) is 16.4. The molecule has 0 saturated heterocycles. The standard InChI is InChI=1S/C20H15NO4S/c1-2-15-13(12-6-3-4-7-16(12)25-15)10-18-20(23)21-19(26-18)11-14(22)17-8-5-9-24-17/h3-11H,2H2,1H3,(H,21,23)/b18-10-,19-11-. The van der Waals surface area contributed by atoms with E-state index in [1.165, 1.54) is 23.7 Å². The Kier molecular flexibility index (Phi) is 4.18. The van der Waals surface area contributed by atoms with E-state index in [0.29, 0.717) is 9.20 Å². The molecular weight excluding hydrogens is 350 g/mol. The molecule has 5 nitrogen and oxygen atoms in total. The third kappa shape index (κ3) is 2.95. The molecule has 0 radical (unpaired) electrons. The third-order valence-corrected chi connectivity index (χ3v) is 4.98. The van der Waals surface area contributed by atoms with E-state index < -0.39 is 0 Å². The summed E-state index contributed by atoms with van der Waals surface area (Å²) in [6, 6.07) is 11.0. The van der Waals surface area contributed by atoms with Gasteiger partial charge in [-0.25, -0.2) is 0 Å². The number of benzene rings is 1. The lowest BCUT2D eigenvalue weighted by Crippen LogP contribution is -2.20. The summed E-state index contributed by atoms with van der Waals surface area (Å²) in [5, 5.41) is 0.967. The van der Waals surface area contributed by atoms with E-state index in [9.17, 15) is 9.59 Å². The van der Waals surface area contributed by atoms with Crippen molar-refractivity contribution in [3.8, 4) is 0 Å². The van der Waals surface area contributed by atoms with E-state index in [2.05, 4.69) is 4.98 Å². The van der Waals surface area contributed by atoms with Crippen LogP contribution in [0, 0.1) is 0 Å². The number of hydrogen-bond donors (Lipinski definition) is 1. The summed E-state index contributed by atoms with van der Waals surface area (Å²) in [5.41, 5.74) is 1.46. The zero-order valence-corrected chi connectivity index (χ0v) is 14.8. The second-order valence-corrected chi connectivity index (χ2v) is 6.79. The van der Waals surface area contributed by atoms with E-state index in [-0.39, 0.29) is 17.1 Å². The number of nitrogens with one attached hydrogen (secondary N) is 1. The molecule has 4 aromatic rings. The van der Waals surface area contributed by atoms with E-state index in [0.717, 1.165) is 28.7 Å². The molecule has 0 aliphatic carbocycles. The van der Waals surface area contributed by atoms with Gasteiger partial charge in [0.2, 0.25) is 5.78 Å². The highest BCUT2D eigenvalue weighted by Crippen LogP contribution is 2.26. The summed E-state index contributed by atoms with van der Waals surface area (Å²) in [7, 11) is 0. The fraction of sp³-hybridized carbons (Fsp3) is 0.100. The maximum atomic E-state index is 12.3. The van der Waals surface area contributed by atoms with E-state index in [1.807, 2.05) is 37.3 Å². The third-order valence-electron chi connectivity index (χ3n) is 4.01. The first-order chi connectivity index (χ1) is 12.7. The monoisotopic (exact) mass is 365 g/mol. The van der Waals surface area contributed by atoms with Gasteiger partial charge in [0.15, 0.2) is 5.76 Å². The first-order valence-corrected chi connectivity index (χ1v) is 8.98. The van der Waals surface area contributed by atoms with Gasteiger partial charge >= 0.3 is 0 Å². The Balaban J connectivity index is 1.84. The number of aryl methyl sites for hydroxylation is 1. The molecule has 3 aromatic heterocycles. The van der Waals surface area contributed by atoms with Gasteiger partial charge < -0.3 is 13.8 Å². The summed E-state index contributed by atoms with van der Waals surface area (Å²) in [6.45, 7) is 2.01. The quantitative estimate of drug-likeness (QED) is 0.564. The lowest BCUT2D eigenvalue weighted by molar-refractivity contribution is 0.103. The number of aromatic amines is 1. The number of thiazole rings is 1. The molecule has 0 amide bonds. The van der Waals surface area contributed by atoms with Crippen molar-refractivity contribution in [1.29, 1.82) is 0 Å². The number of H-pyrrole nitrogens is 1. The number of fused-ring (bicyclic) bond motifs is 1. The van der Waals surface area contributed by atoms with E-state index in [4.69, 9.17) is 8.83 Å². The second-order valence-electron chi connectivity index (χ2n) is 5.70. The number of carbonyl (C=O) groups is 1. The van der Waals surface area contributed by atoms with Crippen molar-refractivity contribution >= 4 is 40.2 Å². The van der Waals surface area contributed by atoms with Gasteiger partial charge in [0, 0.05) is 23.4 Å². The Morgan fingerprint density at radius 1 is 1.23 bits per heavy atom. The molecule has 0 spiro atoms. The highest BCUT2D eigenvalue weighted by molar-refractivity contribution is 7.07. The lowest BCUT2D eigenvalue weighted by Gasteiger charge is -1.91. The SMILES string of the molecule is CCc1oc2ccccc2c1/C=c1\s/c(=C\C(=O)c2ccco2)[nH]c1=O. The van der Waals surface area contributed by atoms with Crippen LogP contribution in [0.4, 0.5) is 0 Å². The van der Waals surface area contributed by atoms with Crippen LogP contribution in [0.15, 0.2) is 56.3 Å². The molecule has 0 fully saturated rings. The first-order valence-electron chi connectivity index (χ1n) is 8.16. The van der Waals surface area contributed by atoms with E-state index in [1.54, 1.807) is 12.1 Å². The van der Waals surface area contributed by atoms with Gasteiger partial charge in [-0.05, 0) is 24.3 Å². The zero-order chi connectivity index (χ0) is 18.1. The Bertz CT molecular complexity index is 1260. The number of para-hydroxylation sites is 1. The predicted molar refractivity (Wildman–Crippen MR) is 101 cm³/mol. The van der Waals surface area contributed by atoms with Gasteiger partial charge in [-0.15, -0.1) is 11.3 Å². The second kappa shape index (κ2) is 6.65. The van der Waals surface area contributed by atoms with Crippen molar-refractivity contribution < 1.29 is 13.6 Å². The average molecular weight is 365 g/mol. The highest BCUT2D eigenvalue weighted by atomic mass is 32.1. The van der Waals surface area contributed by atoms with Gasteiger partial charge in [0.05, 0.1) is 15.5 Å². The normalized spacial score (nSPS) is 13.0. The minimum Gasteiger partial charge on any atom is -0.461 e. The maximum Gasteiger partial charge on any atom is 0.266 e. The fourth-order valence-electron chi connectivity index (χ4n) is 2.80. The molecule has 0 aliphatic rings. The van der Waals surface area contributed by atoms with Crippen LogP contribution in [0.1, 0.15) is 28.8 Å². The van der Waals surface area contributed by atoms with Crippen LogP contribution in [0.25, 0.3) is 23.1 Å². The van der Waals surface area contributed by atoms with Gasteiger partial charge in [-0.3, -0.25) is 9.59 Å². The van der Waals surface area contributed by atoms with Crippen molar-refractivity contribution in [2.75, 3.05) is 0 Å². The van der Waals surface area contributed by atoms with Crippen LogP contribution in [-0.4, -0.2) is 10.8 Å². The molecule has 4 rings (SSSR count). The number of Topliss-reactive ketones (excluding diaryl/α,β-unsaturated/α-hetero) is 1. The Hall–Kier alpha value is -3.12. The largest absolute Gasteiger partial charge is 0.461 e. The number of ketones is 1. The summed E-state index contributed by atoms with van der Waals surface area (Å²) >= 11 is 1.23. The van der Waals surface area contributed by atoms with Crippen LogP contribution < -0.4 is 14.8 Å². The van der Waals surface area contributed by atoms with Crippen molar-refractivity contribution in [2.45, 2.75) is 13.3 Å². The minimum absolute atomic E-state index is 0.235. The Labute approximate surface area is 151 Å². The van der Waals surface area contributed by atoms with Gasteiger partial charge in [0.25, 0.3) is 5.56 Å². The molecule has 130 valence electrons. The topological polar surface area (TPSA) is 76.2 Å². The van der Waals surface area contributed by atoms with Gasteiger partial charge in [-0.1, -0.05) is 25.1 Å². The zero-order valence-electron chi connectivity index (χ0n) is 13.9. The molecule has 3 heterocycles. The van der Waals surface area contributed by atoms with Crippen molar-refractivity contribution in [2.24, 2.45) is 0 Å². The molecular formula is C20H15NO4S. The van der Waals surface area contributed by atoms with Crippen molar-refractivity contribution in [1.82, 2.24) is 4.98 Å². The molecule has 0 atom stereocenters. The van der Waals surface area contributed by atoms with Crippen molar-refractivity contribution in [3.05, 3.63) is 79.3 Å². The number of carbonyl (C=O) groups excluding carboxylic acids is 1. The Morgan fingerprint density at radius 3 is 2.85 bits per heavy atom. The number of hydrogen-bond acceptors (Lipinski definition) is 5. The Morgan fingerprint density at radius 2 is 2.08 bits per heavy atom. The average Bonchev–Trinajstić information content (AvgIpc) is 3.35. The molecule has 6 heteroatoms. The maximum absolute atomic E-state index is 12.3. The lowest BCUT2D eigenvalue weighted by atomic mass is 10.1. The van der Waals surface area contributed by atoms with Crippen LogP contribution >= 0.6 is 11.3 Å². The minimum atomic E-state index is -0.290. The smallest absolute Gasteiger partial charge is 0.266 e. The molecule has 0 bridgehead atoms. The summed E-state index contributed by atoms with van der Waals surface area (Å²) in [6.07, 6.45) is 5.35. The molecule has 0 unspecified atom stereocenters. The van der Waals surface area contributed by atoms with E-state index >= 15 is 0 Å². The molecule has 0 aliphatic heterocycles. The summed E-state index contributed by atoms with van der Waals surface area (Å²) < 4.78 is 11.9. The highest BCUT2D eigenvalue weighted by Gasteiger charge is 2.11. The van der Waals surface area contributed by atoms with Crippen LogP contribution in [0.5, 0.6) is 0 Å².